The SMILES string of the molecule is CC(C)Oc1ccc(C(N)C2C3CCCC32)cc1. The number of fused-ring (bicyclic) bond motifs is 1. The first-order valence-corrected chi connectivity index (χ1v) is 7.19. The summed E-state index contributed by atoms with van der Waals surface area (Å²) in [6.07, 6.45) is 4.45. The first kappa shape index (κ1) is 12.0. The van der Waals surface area contributed by atoms with E-state index in [1.165, 1.54) is 24.8 Å². The third-order valence-corrected chi connectivity index (χ3v) is 4.52. The van der Waals surface area contributed by atoms with Crippen molar-refractivity contribution in [1.29, 1.82) is 0 Å². The van der Waals surface area contributed by atoms with Gasteiger partial charge < -0.3 is 10.5 Å². The topological polar surface area (TPSA) is 35.2 Å². The van der Waals surface area contributed by atoms with Crippen molar-refractivity contribution < 1.29 is 4.74 Å². The Morgan fingerprint density at radius 1 is 1.11 bits per heavy atom. The molecule has 1 aromatic rings. The quantitative estimate of drug-likeness (QED) is 0.881. The van der Waals surface area contributed by atoms with Crippen molar-refractivity contribution >= 4 is 0 Å². The Kier molecular flexibility index (Phi) is 3.06. The second-order valence-electron chi connectivity index (χ2n) is 6.10. The molecule has 0 amide bonds. The lowest BCUT2D eigenvalue weighted by atomic mass is 9.98. The van der Waals surface area contributed by atoms with E-state index in [-0.39, 0.29) is 12.1 Å². The molecule has 0 bridgehead atoms. The van der Waals surface area contributed by atoms with E-state index in [4.69, 9.17) is 10.5 Å². The first-order valence-electron chi connectivity index (χ1n) is 7.19. The molecule has 3 rings (SSSR count). The normalized spacial score (nSPS) is 31.2. The molecule has 2 aliphatic carbocycles. The summed E-state index contributed by atoms with van der Waals surface area (Å²) < 4.78 is 5.66. The number of benzene rings is 1. The second-order valence-corrected chi connectivity index (χ2v) is 6.10. The van der Waals surface area contributed by atoms with E-state index in [0.29, 0.717) is 0 Å². The summed E-state index contributed by atoms with van der Waals surface area (Å²) in [5, 5.41) is 0. The molecular weight excluding hydrogens is 222 g/mol. The predicted octanol–water partition coefficient (Wildman–Crippen LogP) is 3.52. The summed E-state index contributed by atoms with van der Waals surface area (Å²) in [7, 11) is 0. The van der Waals surface area contributed by atoms with Gasteiger partial charge in [-0.25, -0.2) is 0 Å². The van der Waals surface area contributed by atoms with Crippen LogP contribution in [0.1, 0.15) is 44.7 Å². The van der Waals surface area contributed by atoms with Crippen LogP contribution in [0, 0.1) is 17.8 Å². The molecule has 2 saturated carbocycles. The van der Waals surface area contributed by atoms with Crippen molar-refractivity contribution in [2.75, 3.05) is 0 Å². The van der Waals surface area contributed by atoms with Crippen molar-refractivity contribution in [3.63, 3.8) is 0 Å². The Labute approximate surface area is 110 Å². The van der Waals surface area contributed by atoms with E-state index in [1.54, 1.807) is 0 Å². The standard InChI is InChI=1S/C16H23NO/c1-10(2)18-12-8-6-11(7-9-12)16(17)15-13-4-3-5-14(13)15/h6-10,13-16H,3-5,17H2,1-2H3. The molecule has 3 atom stereocenters. The molecule has 0 aromatic heterocycles. The van der Waals surface area contributed by atoms with E-state index in [1.807, 2.05) is 26.0 Å². The molecule has 2 N–H and O–H groups in total. The molecular formula is C16H23NO. The van der Waals surface area contributed by atoms with Crippen molar-refractivity contribution in [3.8, 4) is 5.75 Å². The highest BCUT2D eigenvalue weighted by atomic mass is 16.5. The van der Waals surface area contributed by atoms with Gasteiger partial charge in [0, 0.05) is 6.04 Å². The van der Waals surface area contributed by atoms with E-state index in [9.17, 15) is 0 Å². The average molecular weight is 245 g/mol. The molecule has 0 saturated heterocycles. The third kappa shape index (κ3) is 2.14. The maximum absolute atomic E-state index is 6.40. The van der Waals surface area contributed by atoms with E-state index < -0.39 is 0 Å². The van der Waals surface area contributed by atoms with Gasteiger partial charge in [-0.3, -0.25) is 0 Å². The highest BCUT2D eigenvalue weighted by Crippen LogP contribution is 2.61. The number of rotatable bonds is 4. The molecule has 3 unspecified atom stereocenters. The molecule has 2 fully saturated rings. The van der Waals surface area contributed by atoms with Crippen LogP contribution in [0.3, 0.4) is 0 Å². The summed E-state index contributed by atoms with van der Waals surface area (Å²) in [5.74, 6) is 3.53. The summed E-state index contributed by atoms with van der Waals surface area (Å²) >= 11 is 0. The molecule has 1 aromatic carbocycles. The van der Waals surface area contributed by atoms with Crippen LogP contribution in [0.5, 0.6) is 5.75 Å². The van der Waals surface area contributed by atoms with Gasteiger partial charge in [0.1, 0.15) is 5.75 Å². The monoisotopic (exact) mass is 245 g/mol. The van der Waals surface area contributed by atoms with E-state index in [0.717, 1.165) is 23.5 Å². The minimum Gasteiger partial charge on any atom is -0.491 e. The molecule has 2 heteroatoms. The van der Waals surface area contributed by atoms with Gasteiger partial charge in [-0.1, -0.05) is 18.6 Å². The van der Waals surface area contributed by atoms with Crippen molar-refractivity contribution in [2.24, 2.45) is 23.5 Å². The van der Waals surface area contributed by atoms with E-state index in [2.05, 4.69) is 12.1 Å². The third-order valence-electron chi connectivity index (χ3n) is 4.52. The smallest absolute Gasteiger partial charge is 0.119 e. The van der Waals surface area contributed by atoms with Crippen molar-refractivity contribution in [2.45, 2.75) is 45.3 Å². The van der Waals surface area contributed by atoms with Crippen molar-refractivity contribution in [3.05, 3.63) is 29.8 Å². The highest BCUT2D eigenvalue weighted by Gasteiger charge is 2.55. The van der Waals surface area contributed by atoms with Gasteiger partial charge in [0.25, 0.3) is 0 Å². The zero-order chi connectivity index (χ0) is 12.7. The largest absolute Gasteiger partial charge is 0.491 e. The van der Waals surface area contributed by atoms with Gasteiger partial charge in [0.05, 0.1) is 6.10 Å². The summed E-state index contributed by atoms with van der Waals surface area (Å²) in [6.45, 7) is 4.09. The molecule has 0 aliphatic heterocycles. The lowest BCUT2D eigenvalue weighted by molar-refractivity contribution is 0.242. The second kappa shape index (κ2) is 4.58. The fourth-order valence-electron chi connectivity index (χ4n) is 3.67. The van der Waals surface area contributed by atoms with Gasteiger partial charge in [0.2, 0.25) is 0 Å². The Morgan fingerprint density at radius 3 is 2.28 bits per heavy atom. The number of nitrogens with two attached hydrogens (primary N) is 1. The molecule has 2 nitrogen and oxygen atoms in total. The van der Waals surface area contributed by atoms with Crippen LogP contribution in [-0.2, 0) is 0 Å². The zero-order valence-electron chi connectivity index (χ0n) is 11.3. The van der Waals surface area contributed by atoms with Gasteiger partial charge in [-0.05, 0) is 62.1 Å². The van der Waals surface area contributed by atoms with Crippen LogP contribution >= 0.6 is 0 Å². The Bertz CT molecular complexity index is 402. The fraction of sp³-hybridized carbons (Fsp3) is 0.625. The Balaban J connectivity index is 1.65. The van der Waals surface area contributed by atoms with Crippen LogP contribution < -0.4 is 10.5 Å². The van der Waals surface area contributed by atoms with Crippen LogP contribution in [0.2, 0.25) is 0 Å². The molecule has 98 valence electrons. The van der Waals surface area contributed by atoms with Gasteiger partial charge in [0.15, 0.2) is 0 Å². The maximum Gasteiger partial charge on any atom is 0.119 e. The van der Waals surface area contributed by atoms with Crippen LogP contribution in [0.4, 0.5) is 0 Å². The Morgan fingerprint density at radius 2 is 1.72 bits per heavy atom. The van der Waals surface area contributed by atoms with E-state index >= 15 is 0 Å². The predicted molar refractivity (Wildman–Crippen MR) is 73.5 cm³/mol. The minimum absolute atomic E-state index is 0.229. The van der Waals surface area contributed by atoms with Crippen LogP contribution in [0.15, 0.2) is 24.3 Å². The molecule has 18 heavy (non-hydrogen) atoms. The molecule has 0 spiro atoms. The first-order chi connectivity index (χ1) is 8.66. The summed E-state index contributed by atoms with van der Waals surface area (Å²) in [5.41, 5.74) is 7.67. The van der Waals surface area contributed by atoms with Gasteiger partial charge in [-0.15, -0.1) is 0 Å². The minimum atomic E-state index is 0.229. The van der Waals surface area contributed by atoms with Gasteiger partial charge >= 0.3 is 0 Å². The number of ether oxygens (including phenoxy) is 1. The van der Waals surface area contributed by atoms with Gasteiger partial charge in [-0.2, -0.15) is 0 Å². The lowest BCUT2D eigenvalue weighted by Gasteiger charge is -2.15. The molecule has 0 heterocycles. The molecule has 0 radical (unpaired) electrons. The fourth-order valence-corrected chi connectivity index (χ4v) is 3.67. The van der Waals surface area contributed by atoms with Crippen LogP contribution in [-0.4, -0.2) is 6.10 Å². The summed E-state index contributed by atoms with van der Waals surface area (Å²) in [6, 6.07) is 8.60. The Hall–Kier alpha value is -1.02. The van der Waals surface area contributed by atoms with Crippen molar-refractivity contribution in [1.82, 2.24) is 0 Å². The number of hydrogen-bond acceptors (Lipinski definition) is 2. The zero-order valence-corrected chi connectivity index (χ0v) is 11.3. The maximum atomic E-state index is 6.40. The lowest BCUT2D eigenvalue weighted by Crippen LogP contribution is -2.15. The van der Waals surface area contributed by atoms with Crippen LogP contribution in [0.25, 0.3) is 0 Å². The molecule has 2 aliphatic rings. The number of hydrogen-bond donors (Lipinski definition) is 1. The average Bonchev–Trinajstić information content (AvgIpc) is 2.81. The summed E-state index contributed by atoms with van der Waals surface area (Å²) in [4.78, 5) is 0. The highest BCUT2D eigenvalue weighted by molar-refractivity contribution is 5.31.